The van der Waals surface area contributed by atoms with Crippen LogP contribution in [-0.2, 0) is 14.3 Å². The first-order chi connectivity index (χ1) is 16.9. The average Bonchev–Trinajstić information content (AvgIpc) is 3.08. The molecule has 12 heteroatoms. The van der Waals surface area contributed by atoms with Crippen molar-refractivity contribution in [2.24, 2.45) is 5.92 Å². The average molecular weight is 512 g/mol. The number of amidine groups is 1. The van der Waals surface area contributed by atoms with Crippen molar-refractivity contribution in [2.75, 3.05) is 59.4 Å². The van der Waals surface area contributed by atoms with Crippen LogP contribution in [0.1, 0.15) is 46.5 Å². The number of alkyl carbamates (subject to hydrolysis) is 1. The monoisotopic (exact) mass is 511 g/mol. The number of aliphatic carboxylic acids is 1. The van der Waals surface area contributed by atoms with E-state index in [0.717, 1.165) is 58.7 Å². The molecule has 3 saturated heterocycles. The van der Waals surface area contributed by atoms with Crippen LogP contribution in [0, 0.1) is 11.3 Å². The number of rotatable bonds is 8. The summed E-state index contributed by atoms with van der Waals surface area (Å²) in [6.07, 6.45) is 0.894. The maximum absolute atomic E-state index is 13.3. The molecule has 0 aromatic rings. The number of piperidine rings is 1. The number of cyclic esters (lactones) is 1. The molecule has 0 saturated carbocycles. The second-order valence-corrected chi connectivity index (χ2v) is 11.2. The minimum Gasteiger partial charge on any atom is -0.481 e. The summed E-state index contributed by atoms with van der Waals surface area (Å²) < 4.78 is 11.1. The number of carbonyl (C=O) groups is 3. The lowest BCUT2D eigenvalue weighted by Crippen LogP contribution is -2.64. The third-order valence-electron chi connectivity index (χ3n) is 7.24. The van der Waals surface area contributed by atoms with Gasteiger partial charge in [-0.3, -0.25) is 20.4 Å². The van der Waals surface area contributed by atoms with Crippen LogP contribution >= 0.6 is 0 Å². The largest absolute Gasteiger partial charge is 0.518 e. The topological polar surface area (TPSA) is 144 Å². The predicted molar refractivity (Wildman–Crippen MR) is 133 cm³/mol. The van der Waals surface area contributed by atoms with E-state index in [4.69, 9.17) is 20.0 Å². The maximum atomic E-state index is 13.3. The summed E-state index contributed by atoms with van der Waals surface area (Å²) in [7, 11) is 1.81. The van der Waals surface area contributed by atoms with Gasteiger partial charge in [0.1, 0.15) is 12.1 Å². The molecule has 0 aromatic carbocycles. The number of nitrogens with zero attached hydrogens (tertiary/aromatic N) is 3. The Morgan fingerprint density at radius 1 is 1.25 bits per heavy atom. The van der Waals surface area contributed by atoms with E-state index in [1.165, 1.54) is 0 Å². The molecule has 3 aliphatic rings. The first-order valence-electron chi connectivity index (χ1n) is 12.9. The van der Waals surface area contributed by atoms with E-state index >= 15 is 0 Å². The number of hydrogen-bond donors (Lipinski definition) is 4. The molecule has 3 unspecified atom stereocenters. The Kier molecular flexibility index (Phi) is 9.31. The van der Waals surface area contributed by atoms with Crippen LogP contribution in [0.25, 0.3) is 0 Å². The summed E-state index contributed by atoms with van der Waals surface area (Å²) in [4.78, 5) is 40.9. The third kappa shape index (κ3) is 7.37. The van der Waals surface area contributed by atoms with Gasteiger partial charge in [0.05, 0.1) is 7.05 Å². The van der Waals surface area contributed by atoms with Gasteiger partial charge in [0, 0.05) is 38.5 Å². The fourth-order valence-electron chi connectivity index (χ4n) is 5.45. The smallest absolute Gasteiger partial charge is 0.481 e. The number of carboxylic acid groups (broad SMARTS) is 1. The molecular weight excluding hydrogens is 468 g/mol. The molecule has 3 atom stereocenters. The summed E-state index contributed by atoms with van der Waals surface area (Å²) in [6, 6.07) is -0.547. The van der Waals surface area contributed by atoms with Crippen molar-refractivity contribution in [1.82, 2.24) is 20.4 Å². The number of nitrogens with one attached hydrogen (secondary N) is 3. The van der Waals surface area contributed by atoms with Crippen molar-refractivity contribution in [3.05, 3.63) is 0 Å². The molecule has 3 fully saturated rings. The van der Waals surface area contributed by atoms with Crippen molar-refractivity contribution >= 4 is 24.0 Å². The van der Waals surface area contributed by atoms with E-state index in [9.17, 15) is 14.4 Å². The molecule has 3 aliphatic heterocycles. The van der Waals surface area contributed by atoms with Crippen LogP contribution in [0.3, 0.4) is 0 Å². The van der Waals surface area contributed by atoms with Gasteiger partial charge < -0.3 is 24.8 Å². The van der Waals surface area contributed by atoms with Gasteiger partial charge in [0.15, 0.2) is 11.9 Å². The van der Waals surface area contributed by atoms with Crippen LogP contribution in [0.4, 0.5) is 9.59 Å². The Hall–Kier alpha value is -2.28. The molecule has 0 spiro atoms. The third-order valence-corrected chi connectivity index (χ3v) is 7.24. The van der Waals surface area contributed by atoms with Gasteiger partial charge in [-0.05, 0) is 59.7 Å². The zero-order chi connectivity index (χ0) is 26.5. The SMILES string of the molecule is CC(C)(C)OC(=O)NC(=N)C(C1CCNCC1)[N+]1(C)CC(N2CCN(CCCC(=O)O)CC2)OC1=O. The lowest BCUT2D eigenvalue weighted by Gasteiger charge is -2.40. The molecule has 0 radical (unpaired) electrons. The van der Waals surface area contributed by atoms with Gasteiger partial charge in [-0.15, -0.1) is 0 Å². The van der Waals surface area contributed by atoms with Crippen LogP contribution in [0.5, 0.6) is 0 Å². The highest BCUT2D eigenvalue weighted by molar-refractivity contribution is 5.97. The van der Waals surface area contributed by atoms with Crippen molar-refractivity contribution < 1.29 is 33.4 Å². The maximum Gasteiger partial charge on any atom is 0.518 e. The van der Waals surface area contributed by atoms with Gasteiger partial charge in [-0.1, -0.05) is 0 Å². The van der Waals surface area contributed by atoms with E-state index in [-0.39, 0.29) is 28.8 Å². The normalized spacial score (nSPS) is 27.3. The Balaban J connectivity index is 1.67. The Morgan fingerprint density at radius 3 is 2.47 bits per heavy atom. The first-order valence-corrected chi connectivity index (χ1v) is 12.9. The van der Waals surface area contributed by atoms with Crippen LogP contribution in [-0.4, -0.2) is 121 Å². The number of piperazine rings is 1. The molecule has 0 bridgehead atoms. The van der Waals surface area contributed by atoms with Crippen molar-refractivity contribution in [3.63, 3.8) is 0 Å². The summed E-state index contributed by atoms with van der Waals surface area (Å²) >= 11 is 0. The summed E-state index contributed by atoms with van der Waals surface area (Å²) in [5, 5.41) is 23.6. The van der Waals surface area contributed by atoms with E-state index in [0.29, 0.717) is 13.0 Å². The number of hydrogen-bond acceptors (Lipinski definition) is 9. The van der Waals surface area contributed by atoms with Gasteiger partial charge in [0.2, 0.25) is 6.23 Å². The first kappa shape index (κ1) is 28.3. The lowest BCUT2D eigenvalue weighted by atomic mass is 9.87. The highest BCUT2D eigenvalue weighted by Crippen LogP contribution is 2.33. The van der Waals surface area contributed by atoms with E-state index in [1.807, 2.05) is 7.05 Å². The van der Waals surface area contributed by atoms with Gasteiger partial charge in [-0.25, -0.2) is 9.28 Å². The number of carbonyl (C=O) groups excluding carboxylic acids is 2. The van der Waals surface area contributed by atoms with Gasteiger partial charge in [-0.2, -0.15) is 4.79 Å². The van der Waals surface area contributed by atoms with Gasteiger partial charge >= 0.3 is 18.2 Å². The molecule has 12 nitrogen and oxygen atoms in total. The molecular formula is C24H43N6O6+. The zero-order valence-corrected chi connectivity index (χ0v) is 22.0. The number of ether oxygens (including phenoxy) is 2. The lowest BCUT2D eigenvalue weighted by molar-refractivity contribution is -0.844. The van der Waals surface area contributed by atoms with Crippen LogP contribution in [0.2, 0.25) is 0 Å². The molecule has 2 amide bonds. The van der Waals surface area contributed by atoms with Crippen molar-refractivity contribution in [3.8, 4) is 0 Å². The van der Waals surface area contributed by atoms with E-state index in [2.05, 4.69) is 20.4 Å². The quantitative estimate of drug-likeness (QED) is 0.215. The Bertz CT molecular complexity index is 818. The second-order valence-electron chi connectivity index (χ2n) is 11.2. The number of amides is 2. The highest BCUT2D eigenvalue weighted by atomic mass is 16.6. The minimum absolute atomic E-state index is 0.0144. The van der Waals surface area contributed by atoms with Crippen LogP contribution < -0.4 is 10.6 Å². The molecule has 3 rings (SSSR count). The fourth-order valence-corrected chi connectivity index (χ4v) is 5.45. The Morgan fingerprint density at radius 2 is 1.89 bits per heavy atom. The predicted octanol–water partition coefficient (Wildman–Crippen LogP) is 1.26. The minimum atomic E-state index is -0.779. The Labute approximate surface area is 213 Å². The standard InChI is InChI=1S/C24H42N6O6/c1-24(2,3)36-22(33)27-21(25)20(17-7-9-26-10-8-17)30(4)16-18(35-23(30)34)29-14-12-28(13-15-29)11-5-6-19(31)32/h17-18,20,26H,5-16H2,1-4H3,(H2-,25,27,31,32,33)/p+1. The fraction of sp³-hybridized carbons (Fsp3) is 0.833. The van der Waals surface area contributed by atoms with Gasteiger partial charge in [0.25, 0.3) is 0 Å². The molecule has 3 heterocycles. The molecule has 0 aliphatic carbocycles. The van der Waals surface area contributed by atoms with Crippen molar-refractivity contribution in [2.45, 2.75) is 64.3 Å². The number of carboxylic acids is 1. The second kappa shape index (κ2) is 11.8. The summed E-state index contributed by atoms with van der Waals surface area (Å²) in [6.45, 7) is 11.0. The summed E-state index contributed by atoms with van der Waals surface area (Å²) in [5.41, 5.74) is -0.694. The molecule has 0 aromatic heterocycles. The zero-order valence-electron chi connectivity index (χ0n) is 22.0. The van der Waals surface area contributed by atoms with E-state index in [1.54, 1.807) is 20.8 Å². The van der Waals surface area contributed by atoms with E-state index < -0.39 is 29.9 Å². The molecule has 4 N–H and O–H groups in total. The molecule has 36 heavy (non-hydrogen) atoms. The molecule has 204 valence electrons. The number of quaternary nitrogens is 1. The van der Waals surface area contributed by atoms with Crippen molar-refractivity contribution in [1.29, 1.82) is 5.41 Å². The highest BCUT2D eigenvalue weighted by Gasteiger charge is 2.57. The van der Waals surface area contributed by atoms with Crippen LogP contribution in [0.15, 0.2) is 0 Å². The number of likely N-dealkylation sites (N-methyl/N-ethyl adjacent to an activating group) is 1. The summed E-state index contributed by atoms with van der Waals surface area (Å²) in [5.74, 6) is -0.755.